The number of aromatic nitrogens is 1. The zero-order valence-corrected chi connectivity index (χ0v) is 16.3. The molecule has 0 spiro atoms. The summed E-state index contributed by atoms with van der Waals surface area (Å²) in [5.41, 5.74) is -0.115. The predicted octanol–water partition coefficient (Wildman–Crippen LogP) is 0.413. The number of carbonyl (C=O) groups excluding carboxylic acids is 3. The van der Waals surface area contributed by atoms with Crippen LogP contribution in [0.3, 0.4) is 0 Å². The molecule has 0 bridgehead atoms. The summed E-state index contributed by atoms with van der Waals surface area (Å²) in [6.07, 6.45) is 7.15. The van der Waals surface area contributed by atoms with Crippen molar-refractivity contribution in [3.05, 3.63) is 34.2 Å². The monoisotopic (exact) mass is 388 g/mol. The molecule has 2 aliphatic rings. The highest BCUT2D eigenvalue weighted by Gasteiger charge is 2.26. The number of rotatable bonds is 4. The van der Waals surface area contributed by atoms with Gasteiger partial charge in [-0.2, -0.15) is 0 Å². The number of carbonyl (C=O) groups is 3. The standard InChI is InChI=1S/C20H28N4O4/c1-23-10-4-7-16(19(23)27)20(28)24-11-8-14(9-12-24)13-21-17(25)18(26)22-15-5-2-3-6-15/h4,7,10,14-15H,2-3,5-6,8-9,11-13H2,1H3,(H,21,25)(H,22,26). The SMILES string of the molecule is Cn1cccc(C(=O)N2CCC(CNC(=O)C(=O)NC3CCCC3)CC2)c1=O. The zero-order valence-electron chi connectivity index (χ0n) is 16.3. The van der Waals surface area contributed by atoms with E-state index in [1.807, 2.05) is 0 Å². The van der Waals surface area contributed by atoms with Gasteiger partial charge in [-0.3, -0.25) is 19.2 Å². The number of aryl methyl sites for hydroxylation is 1. The number of amides is 3. The largest absolute Gasteiger partial charge is 0.348 e. The minimum absolute atomic E-state index is 0.123. The minimum Gasteiger partial charge on any atom is -0.348 e. The number of nitrogens with one attached hydrogen (secondary N) is 2. The first kappa shape index (κ1) is 20.1. The highest BCUT2D eigenvalue weighted by atomic mass is 16.2. The van der Waals surface area contributed by atoms with Crippen LogP contribution in [0.2, 0.25) is 0 Å². The number of pyridine rings is 1. The highest BCUT2D eigenvalue weighted by molar-refractivity contribution is 6.35. The molecule has 3 rings (SSSR count). The first-order valence-corrected chi connectivity index (χ1v) is 9.99. The van der Waals surface area contributed by atoms with Crippen molar-refractivity contribution in [3.8, 4) is 0 Å². The van der Waals surface area contributed by atoms with E-state index in [0.29, 0.717) is 19.6 Å². The number of nitrogens with zero attached hydrogens (tertiary/aromatic N) is 2. The van der Waals surface area contributed by atoms with Gasteiger partial charge in [-0.15, -0.1) is 0 Å². The van der Waals surface area contributed by atoms with E-state index < -0.39 is 11.8 Å². The molecule has 3 amide bonds. The molecule has 8 heteroatoms. The van der Waals surface area contributed by atoms with E-state index in [9.17, 15) is 19.2 Å². The van der Waals surface area contributed by atoms with E-state index >= 15 is 0 Å². The second-order valence-corrected chi connectivity index (χ2v) is 7.74. The van der Waals surface area contributed by atoms with Crippen LogP contribution in [0.1, 0.15) is 48.9 Å². The molecule has 8 nitrogen and oxygen atoms in total. The molecule has 152 valence electrons. The molecule has 0 atom stereocenters. The molecule has 2 N–H and O–H groups in total. The van der Waals surface area contributed by atoms with Crippen LogP contribution < -0.4 is 16.2 Å². The van der Waals surface area contributed by atoms with Gasteiger partial charge in [0, 0.05) is 38.9 Å². The van der Waals surface area contributed by atoms with Crippen molar-refractivity contribution >= 4 is 17.7 Å². The van der Waals surface area contributed by atoms with E-state index in [1.54, 1.807) is 30.3 Å². The van der Waals surface area contributed by atoms with Crippen molar-refractivity contribution in [2.45, 2.75) is 44.6 Å². The maximum absolute atomic E-state index is 12.6. The average Bonchev–Trinajstić information content (AvgIpc) is 3.21. The summed E-state index contributed by atoms with van der Waals surface area (Å²) in [4.78, 5) is 50.3. The zero-order chi connectivity index (χ0) is 20.1. The molecule has 0 unspecified atom stereocenters. The van der Waals surface area contributed by atoms with Crippen molar-refractivity contribution in [1.82, 2.24) is 20.1 Å². The quantitative estimate of drug-likeness (QED) is 0.730. The van der Waals surface area contributed by atoms with E-state index in [4.69, 9.17) is 0 Å². The number of hydrogen-bond donors (Lipinski definition) is 2. The van der Waals surface area contributed by atoms with Crippen molar-refractivity contribution in [2.24, 2.45) is 13.0 Å². The second kappa shape index (κ2) is 9.03. The molecule has 0 radical (unpaired) electrons. The Bertz CT molecular complexity index is 790. The maximum atomic E-state index is 12.6. The van der Waals surface area contributed by atoms with Crippen LogP contribution in [0, 0.1) is 5.92 Å². The Morgan fingerprint density at radius 2 is 1.75 bits per heavy atom. The Morgan fingerprint density at radius 3 is 2.43 bits per heavy atom. The fourth-order valence-corrected chi connectivity index (χ4v) is 3.91. The molecule has 1 saturated heterocycles. The smallest absolute Gasteiger partial charge is 0.309 e. The molecule has 1 aliphatic carbocycles. The molecule has 1 saturated carbocycles. The Morgan fingerprint density at radius 1 is 1.07 bits per heavy atom. The first-order valence-electron chi connectivity index (χ1n) is 9.99. The Hall–Kier alpha value is -2.64. The lowest BCUT2D eigenvalue weighted by atomic mass is 9.96. The van der Waals surface area contributed by atoms with Gasteiger partial charge in [0.25, 0.3) is 11.5 Å². The van der Waals surface area contributed by atoms with Gasteiger partial charge in [0.15, 0.2) is 0 Å². The summed E-state index contributed by atoms with van der Waals surface area (Å²) >= 11 is 0. The number of likely N-dealkylation sites (tertiary alicyclic amines) is 1. The maximum Gasteiger partial charge on any atom is 0.309 e. The first-order chi connectivity index (χ1) is 13.5. The van der Waals surface area contributed by atoms with Gasteiger partial charge < -0.3 is 20.1 Å². The third-order valence-electron chi connectivity index (χ3n) is 5.70. The van der Waals surface area contributed by atoms with Crippen LogP contribution in [0.15, 0.2) is 23.1 Å². The average molecular weight is 388 g/mol. The fourth-order valence-electron chi connectivity index (χ4n) is 3.91. The topological polar surface area (TPSA) is 101 Å². The molecule has 2 fully saturated rings. The summed E-state index contributed by atoms with van der Waals surface area (Å²) < 4.78 is 1.39. The van der Waals surface area contributed by atoms with E-state index in [1.165, 1.54) is 4.57 Å². The summed E-state index contributed by atoms with van der Waals surface area (Å²) in [5, 5.41) is 5.49. The Balaban J connectivity index is 1.43. The summed E-state index contributed by atoms with van der Waals surface area (Å²) in [6.45, 7) is 1.49. The number of piperidine rings is 1. The van der Waals surface area contributed by atoms with Crippen molar-refractivity contribution < 1.29 is 14.4 Å². The van der Waals surface area contributed by atoms with Crippen LogP contribution in [-0.2, 0) is 16.6 Å². The van der Waals surface area contributed by atoms with E-state index in [-0.39, 0.29) is 29.0 Å². The molecular weight excluding hydrogens is 360 g/mol. The third-order valence-corrected chi connectivity index (χ3v) is 5.70. The molecular formula is C20H28N4O4. The molecule has 28 heavy (non-hydrogen) atoms. The van der Waals surface area contributed by atoms with Crippen molar-refractivity contribution in [3.63, 3.8) is 0 Å². The molecule has 1 aliphatic heterocycles. The minimum atomic E-state index is -0.585. The lowest BCUT2D eigenvalue weighted by Crippen LogP contribution is -2.47. The van der Waals surface area contributed by atoms with Gasteiger partial charge >= 0.3 is 11.8 Å². The van der Waals surface area contributed by atoms with Gasteiger partial charge in [-0.1, -0.05) is 12.8 Å². The van der Waals surface area contributed by atoms with Gasteiger partial charge in [-0.05, 0) is 43.7 Å². The summed E-state index contributed by atoms with van der Waals surface area (Å²) in [5.74, 6) is -1.18. The van der Waals surface area contributed by atoms with Crippen LogP contribution in [-0.4, -0.2) is 52.9 Å². The normalized spacial score (nSPS) is 18.1. The Labute approximate surface area is 164 Å². The fraction of sp³-hybridized carbons (Fsp3) is 0.600. The third kappa shape index (κ3) is 4.79. The molecule has 1 aromatic heterocycles. The second-order valence-electron chi connectivity index (χ2n) is 7.74. The molecule has 1 aromatic rings. The van der Waals surface area contributed by atoms with Crippen molar-refractivity contribution in [1.29, 1.82) is 0 Å². The summed E-state index contributed by atoms with van der Waals surface area (Å²) in [7, 11) is 1.62. The highest BCUT2D eigenvalue weighted by Crippen LogP contribution is 2.18. The van der Waals surface area contributed by atoms with Gasteiger partial charge in [0.05, 0.1) is 0 Å². The summed E-state index contributed by atoms with van der Waals surface area (Å²) in [6, 6.07) is 3.37. The van der Waals surface area contributed by atoms with E-state index in [2.05, 4.69) is 10.6 Å². The lowest BCUT2D eigenvalue weighted by molar-refractivity contribution is -0.139. The van der Waals surface area contributed by atoms with Gasteiger partial charge in [0.1, 0.15) is 5.56 Å². The number of hydrogen-bond acceptors (Lipinski definition) is 4. The van der Waals surface area contributed by atoms with Gasteiger partial charge in [-0.25, -0.2) is 0 Å². The van der Waals surface area contributed by atoms with Crippen LogP contribution in [0.4, 0.5) is 0 Å². The van der Waals surface area contributed by atoms with Crippen LogP contribution >= 0.6 is 0 Å². The van der Waals surface area contributed by atoms with Crippen LogP contribution in [0.25, 0.3) is 0 Å². The Kier molecular flexibility index (Phi) is 6.49. The van der Waals surface area contributed by atoms with Crippen molar-refractivity contribution in [2.75, 3.05) is 19.6 Å². The lowest BCUT2D eigenvalue weighted by Gasteiger charge is -2.32. The molecule has 2 heterocycles. The van der Waals surface area contributed by atoms with Gasteiger partial charge in [0.2, 0.25) is 0 Å². The molecule has 0 aromatic carbocycles. The van der Waals surface area contributed by atoms with Crippen LogP contribution in [0.5, 0.6) is 0 Å². The predicted molar refractivity (Wildman–Crippen MR) is 104 cm³/mol. The van der Waals surface area contributed by atoms with E-state index in [0.717, 1.165) is 38.5 Å².